The fourth-order valence-electron chi connectivity index (χ4n) is 2.60. The molecule has 0 spiro atoms. The van der Waals surface area contributed by atoms with Crippen LogP contribution in [0.15, 0.2) is 21.6 Å². The molecule has 0 radical (unpaired) electrons. The number of rotatable bonds is 4. The highest BCUT2D eigenvalue weighted by molar-refractivity contribution is 7.89. The van der Waals surface area contributed by atoms with Gasteiger partial charge in [0.05, 0.1) is 12.2 Å². The lowest BCUT2D eigenvalue weighted by Gasteiger charge is -2.16. The number of aromatic nitrogens is 3. The molecule has 1 fully saturated rings. The van der Waals surface area contributed by atoms with Gasteiger partial charge in [-0.05, 0) is 33.3 Å². The number of hydrogen-bond acceptors (Lipinski definition) is 7. The summed E-state index contributed by atoms with van der Waals surface area (Å²) in [5, 5.41) is 11.6. The van der Waals surface area contributed by atoms with Crippen molar-refractivity contribution < 1.29 is 17.7 Å². The normalized spacial score (nSPS) is 19.2. The highest BCUT2D eigenvalue weighted by atomic mass is 32.2. The molecule has 9 heteroatoms. The highest BCUT2D eigenvalue weighted by Crippen LogP contribution is 2.27. The van der Waals surface area contributed by atoms with Crippen LogP contribution in [-0.2, 0) is 10.0 Å². The van der Waals surface area contributed by atoms with E-state index in [9.17, 15) is 8.42 Å². The summed E-state index contributed by atoms with van der Waals surface area (Å²) in [6, 6.07) is 3.53. The van der Waals surface area contributed by atoms with Crippen molar-refractivity contribution in [2.75, 3.05) is 13.1 Å². The topological polar surface area (TPSA) is 98.4 Å². The Morgan fingerprint density at radius 2 is 2.04 bits per heavy atom. The van der Waals surface area contributed by atoms with Gasteiger partial charge in [-0.15, -0.1) is 5.10 Å². The van der Waals surface area contributed by atoms with Crippen LogP contribution in [-0.4, -0.2) is 47.3 Å². The predicted molar refractivity (Wildman–Crippen MR) is 80.5 cm³/mol. The Morgan fingerprint density at radius 3 is 2.65 bits per heavy atom. The van der Waals surface area contributed by atoms with Crippen molar-refractivity contribution >= 4 is 10.0 Å². The lowest BCUT2D eigenvalue weighted by molar-refractivity contribution is 0.204. The summed E-state index contributed by atoms with van der Waals surface area (Å²) in [7, 11) is -3.63. The van der Waals surface area contributed by atoms with Gasteiger partial charge >= 0.3 is 0 Å². The molecule has 3 heterocycles. The second kappa shape index (κ2) is 5.89. The molecule has 1 atom stereocenters. The molecule has 1 aliphatic rings. The molecule has 0 aliphatic carbocycles. The van der Waals surface area contributed by atoms with Gasteiger partial charge in [-0.2, -0.15) is 9.40 Å². The Balaban J connectivity index is 1.73. The minimum atomic E-state index is -3.63. The van der Waals surface area contributed by atoms with E-state index in [0.29, 0.717) is 30.3 Å². The first-order valence-corrected chi connectivity index (χ1v) is 8.72. The quantitative estimate of drug-likeness (QED) is 0.827. The van der Waals surface area contributed by atoms with Crippen LogP contribution in [0, 0.1) is 20.8 Å². The van der Waals surface area contributed by atoms with Crippen molar-refractivity contribution in [3.8, 4) is 5.88 Å². The number of nitrogens with zero attached hydrogens (tertiary/aromatic N) is 4. The average Bonchev–Trinajstić information content (AvgIpc) is 3.09. The monoisotopic (exact) mass is 338 g/mol. The number of sulfonamides is 1. The number of aryl methyl sites for hydroxylation is 3. The summed E-state index contributed by atoms with van der Waals surface area (Å²) in [5.74, 6) is 0.702. The van der Waals surface area contributed by atoms with Gasteiger partial charge < -0.3 is 9.26 Å². The molecule has 0 amide bonds. The summed E-state index contributed by atoms with van der Waals surface area (Å²) in [4.78, 5) is 0.147. The van der Waals surface area contributed by atoms with Crippen molar-refractivity contribution in [3.63, 3.8) is 0 Å². The van der Waals surface area contributed by atoms with Gasteiger partial charge in [-0.25, -0.2) is 8.42 Å². The van der Waals surface area contributed by atoms with Crippen LogP contribution >= 0.6 is 0 Å². The molecule has 0 bridgehead atoms. The van der Waals surface area contributed by atoms with E-state index in [1.807, 2.05) is 6.92 Å². The third kappa shape index (κ3) is 3.06. The van der Waals surface area contributed by atoms with Gasteiger partial charge in [0.1, 0.15) is 16.7 Å². The van der Waals surface area contributed by atoms with Crippen molar-refractivity contribution in [2.45, 2.75) is 38.2 Å². The first-order valence-electron chi connectivity index (χ1n) is 7.28. The summed E-state index contributed by atoms with van der Waals surface area (Å²) in [6.07, 6.45) is 0.347. The molecule has 8 nitrogen and oxygen atoms in total. The Kier molecular flexibility index (Phi) is 4.07. The van der Waals surface area contributed by atoms with Crippen LogP contribution in [0.1, 0.15) is 23.6 Å². The molecule has 1 aliphatic heterocycles. The van der Waals surface area contributed by atoms with Crippen molar-refractivity contribution in [3.05, 3.63) is 29.3 Å². The number of ether oxygens (including phenoxy) is 1. The molecule has 1 saturated heterocycles. The van der Waals surface area contributed by atoms with Crippen molar-refractivity contribution in [2.24, 2.45) is 0 Å². The molecular formula is C14H18N4O4S. The van der Waals surface area contributed by atoms with Gasteiger partial charge in [0.25, 0.3) is 0 Å². The molecule has 1 unspecified atom stereocenters. The van der Waals surface area contributed by atoms with Crippen LogP contribution < -0.4 is 4.74 Å². The molecule has 0 aromatic carbocycles. The van der Waals surface area contributed by atoms with Gasteiger partial charge in [0.2, 0.25) is 15.9 Å². The Bertz CT molecular complexity index is 781. The minimum Gasteiger partial charge on any atom is -0.472 e. The third-order valence-corrected chi connectivity index (χ3v) is 5.84. The van der Waals surface area contributed by atoms with E-state index in [1.165, 1.54) is 4.31 Å². The van der Waals surface area contributed by atoms with Gasteiger partial charge in [-0.1, -0.05) is 5.16 Å². The maximum atomic E-state index is 12.7. The molecule has 2 aromatic rings. The number of hydrogen-bond donors (Lipinski definition) is 0. The fraction of sp³-hybridized carbons (Fsp3) is 0.500. The van der Waals surface area contributed by atoms with E-state index >= 15 is 0 Å². The van der Waals surface area contributed by atoms with Crippen molar-refractivity contribution in [1.82, 2.24) is 19.7 Å². The lowest BCUT2D eigenvalue weighted by Crippen LogP contribution is -2.31. The van der Waals surface area contributed by atoms with E-state index < -0.39 is 10.0 Å². The zero-order valence-electron chi connectivity index (χ0n) is 13.2. The van der Waals surface area contributed by atoms with Gasteiger partial charge in [-0.3, -0.25) is 0 Å². The average molecular weight is 338 g/mol. The van der Waals surface area contributed by atoms with E-state index in [1.54, 1.807) is 26.0 Å². The van der Waals surface area contributed by atoms with E-state index in [0.717, 1.165) is 5.69 Å². The fourth-order valence-corrected chi connectivity index (χ4v) is 4.38. The summed E-state index contributed by atoms with van der Waals surface area (Å²) >= 11 is 0. The first kappa shape index (κ1) is 15.9. The van der Waals surface area contributed by atoms with E-state index in [2.05, 4.69) is 15.4 Å². The summed E-state index contributed by atoms with van der Waals surface area (Å²) in [6.45, 7) is 5.71. The molecule has 3 rings (SSSR count). The van der Waals surface area contributed by atoms with Crippen molar-refractivity contribution in [1.29, 1.82) is 0 Å². The zero-order chi connectivity index (χ0) is 16.6. The molecule has 2 aromatic heterocycles. The lowest BCUT2D eigenvalue weighted by atomic mass is 10.3. The van der Waals surface area contributed by atoms with Crippen LogP contribution in [0.5, 0.6) is 5.88 Å². The smallest absolute Gasteiger partial charge is 0.248 e. The second-order valence-electron chi connectivity index (χ2n) is 5.56. The van der Waals surface area contributed by atoms with E-state index in [4.69, 9.17) is 9.26 Å². The van der Waals surface area contributed by atoms with Gasteiger partial charge in [0.15, 0.2) is 5.76 Å². The van der Waals surface area contributed by atoms with Crippen LogP contribution in [0.2, 0.25) is 0 Å². The molecule has 124 valence electrons. The van der Waals surface area contributed by atoms with Gasteiger partial charge in [0, 0.05) is 12.6 Å². The predicted octanol–water partition coefficient (Wildman–Crippen LogP) is 1.23. The molecule has 0 N–H and O–H groups in total. The highest BCUT2D eigenvalue weighted by Gasteiger charge is 2.37. The Hall–Kier alpha value is -2.00. The van der Waals surface area contributed by atoms with Crippen LogP contribution in [0.25, 0.3) is 0 Å². The molecule has 0 saturated carbocycles. The maximum Gasteiger partial charge on any atom is 0.248 e. The third-order valence-electron chi connectivity index (χ3n) is 3.73. The Morgan fingerprint density at radius 1 is 1.26 bits per heavy atom. The van der Waals surface area contributed by atoms with Crippen LogP contribution in [0.3, 0.4) is 0 Å². The largest absolute Gasteiger partial charge is 0.472 e. The Labute approximate surface area is 134 Å². The molecule has 23 heavy (non-hydrogen) atoms. The van der Waals surface area contributed by atoms with E-state index in [-0.39, 0.29) is 17.5 Å². The summed E-state index contributed by atoms with van der Waals surface area (Å²) in [5.41, 5.74) is 1.17. The first-order chi connectivity index (χ1) is 10.9. The SMILES string of the molecule is Cc1ccc(OC2CCN(S(=O)(=O)c3c(C)noc3C)C2)nn1. The second-order valence-corrected chi connectivity index (χ2v) is 7.43. The zero-order valence-corrected chi connectivity index (χ0v) is 14.0. The molecular weight excluding hydrogens is 320 g/mol. The maximum absolute atomic E-state index is 12.7. The minimum absolute atomic E-state index is 0.147. The van der Waals surface area contributed by atoms with Crippen LogP contribution in [0.4, 0.5) is 0 Å². The standard InChI is InChI=1S/C14H18N4O4S/c1-9-4-5-13(16-15-9)21-12-6-7-18(8-12)23(19,20)14-10(2)17-22-11(14)3/h4-5,12H,6-8H2,1-3H3. The summed E-state index contributed by atoms with van der Waals surface area (Å²) < 4.78 is 37.5.